The number of nitrogens with zero attached hydrogens (tertiary/aromatic N) is 2. The minimum absolute atomic E-state index is 1.05. The summed E-state index contributed by atoms with van der Waals surface area (Å²) in [5.41, 5.74) is 8.05. The maximum atomic E-state index is 2.57. The highest BCUT2D eigenvalue weighted by atomic mass is 15.0. The average molecular weight is 527 g/mol. The van der Waals surface area contributed by atoms with Gasteiger partial charge in [0.15, 0.2) is 0 Å². The standard InChI is InChI=1S/C38H42N2/c1-3-5-7-17-27-39-33-23-13-9-19-29(33)37(30-20-10-14-24-34(30)39)38-31-21-11-15-25-35(31)40(28-18-8-6-4-2)36-26-16-12-22-32(36)38/h9-16,19-26H,3-8,17-18,27-28H2,1-2H3/q+2. The number of pyridine rings is 2. The second-order valence-electron chi connectivity index (χ2n) is 11.2. The molecule has 2 heteroatoms. The van der Waals surface area contributed by atoms with Crippen LogP contribution in [0.4, 0.5) is 0 Å². The lowest BCUT2D eigenvalue weighted by atomic mass is 9.90. The maximum Gasteiger partial charge on any atom is 0.213 e. The van der Waals surface area contributed by atoms with E-state index in [9.17, 15) is 0 Å². The summed E-state index contributed by atoms with van der Waals surface area (Å²) < 4.78 is 5.15. The molecule has 0 aliphatic heterocycles. The fourth-order valence-electron chi connectivity index (χ4n) is 6.65. The fraction of sp³-hybridized carbons (Fsp3) is 0.316. The van der Waals surface area contributed by atoms with E-state index in [1.807, 2.05) is 0 Å². The lowest BCUT2D eigenvalue weighted by Crippen LogP contribution is -2.36. The third-order valence-corrected chi connectivity index (χ3v) is 8.58. The molecule has 2 aromatic heterocycles. The minimum Gasteiger partial charge on any atom is -0.191 e. The number of unbranched alkanes of at least 4 members (excludes halogenated alkanes) is 6. The molecule has 6 rings (SSSR count). The van der Waals surface area contributed by atoms with Crippen molar-refractivity contribution >= 4 is 43.6 Å². The van der Waals surface area contributed by atoms with Crippen molar-refractivity contribution in [1.29, 1.82) is 0 Å². The van der Waals surface area contributed by atoms with Crippen molar-refractivity contribution < 1.29 is 9.13 Å². The van der Waals surface area contributed by atoms with Gasteiger partial charge in [-0.3, -0.25) is 0 Å². The van der Waals surface area contributed by atoms with Crippen molar-refractivity contribution in [2.45, 2.75) is 78.3 Å². The van der Waals surface area contributed by atoms with Gasteiger partial charge >= 0.3 is 0 Å². The summed E-state index contributed by atoms with van der Waals surface area (Å²) in [5.74, 6) is 0. The SMILES string of the molecule is CCCCCC[n+]1c2ccccc2c(-c2c3ccccc3[n+](CCCCCC)c3ccccc23)c2ccccc21. The number of aryl methyl sites for hydroxylation is 2. The lowest BCUT2D eigenvalue weighted by Gasteiger charge is -2.16. The number of hydrogen-bond acceptors (Lipinski definition) is 0. The molecule has 2 nitrogen and oxygen atoms in total. The van der Waals surface area contributed by atoms with Crippen molar-refractivity contribution in [3.05, 3.63) is 97.1 Å². The Labute approximate surface area is 238 Å². The molecule has 0 spiro atoms. The molecule has 0 fully saturated rings. The van der Waals surface area contributed by atoms with Crippen LogP contribution in [-0.2, 0) is 13.1 Å². The number of fused-ring (bicyclic) bond motifs is 4. The number of para-hydroxylation sites is 4. The van der Waals surface area contributed by atoms with E-state index in [4.69, 9.17) is 0 Å². The van der Waals surface area contributed by atoms with Crippen LogP contribution in [0.1, 0.15) is 65.2 Å². The first-order valence-electron chi connectivity index (χ1n) is 15.5. The largest absolute Gasteiger partial charge is 0.213 e. The quantitative estimate of drug-likeness (QED) is 0.0902. The van der Waals surface area contributed by atoms with Gasteiger partial charge in [0, 0.05) is 48.2 Å². The summed E-state index contributed by atoms with van der Waals surface area (Å²) >= 11 is 0. The highest BCUT2D eigenvalue weighted by Gasteiger charge is 2.27. The summed E-state index contributed by atoms with van der Waals surface area (Å²) in [6, 6.07) is 36.3. The first-order chi connectivity index (χ1) is 19.8. The Balaban J connectivity index is 1.67. The molecule has 0 bridgehead atoms. The summed E-state index contributed by atoms with van der Waals surface area (Å²) in [6.45, 7) is 6.68. The predicted molar refractivity (Wildman–Crippen MR) is 171 cm³/mol. The lowest BCUT2D eigenvalue weighted by molar-refractivity contribution is -0.646. The van der Waals surface area contributed by atoms with Crippen molar-refractivity contribution in [2.75, 3.05) is 0 Å². The van der Waals surface area contributed by atoms with Gasteiger partial charge in [-0.25, -0.2) is 0 Å². The van der Waals surface area contributed by atoms with Crippen LogP contribution >= 0.6 is 0 Å². The van der Waals surface area contributed by atoms with E-state index in [-0.39, 0.29) is 0 Å². The first-order valence-corrected chi connectivity index (χ1v) is 15.5. The van der Waals surface area contributed by atoms with E-state index < -0.39 is 0 Å². The Morgan fingerprint density at radius 3 is 0.975 bits per heavy atom. The van der Waals surface area contributed by atoms with E-state index in [1.54, 1.807) is 0 Å². The van der Waals surface area contributed by atoms with Gasteiger partial charge in [0.2, 0.25) is 22.1 Å². The van der Waals surface area contributed by atoms with Crippen molar-refractivity contribution in [1.82, 2.24) is 0 Å². The highest BCUT2D eigenvalue weighted by molar-refractivity contribution is 6.18. The van der Waals surface area contributed by atoms with Crippen LogP contribution < -0.4 is 9.13 Å². The Morgan fingerprint density at radius 2 is 0.675 bits per heavy atom. The van der Waals surface area contributed by atoms with Gasteiger partial charge in [-0.05, 0) is 37.1 Å². The van der Waals surface area contributed by atoms with Crippen molar-refractivity contribution in [2.24, 2.45) is 0 Å². The second-order valence-corrected chi connectivity index (χ2v) is 11.2. The normalized spacial score (nSPS) is 11.8. The van der Waals surface area contributed by atoms with Crippen LogP contribution in [0.5, 0.6) is 0 Å². The van der Waals surface area contributed by atoms with Crippen molar-refractivity contribution in [3.8, 4) is 11.1 Å². The zero-order chi connectivity index (χ0) is 27.3. The molecule has 0 aliphatic carbocycles. The molecular weight excluding hydrogens is 484 g/mol. The molecule has 4 aromatic carbocycles. The van der Waals surface area contributed by atoms with E-state index in [2.05, 4.69) is 120 Å². The summed E-state index contributed by atoms with van der Waals surface area (Å²) in [4.78, 5) is 0. The average Bonchev–Trinajstić information content (AvgIpc) is 3.01. The Morgan fingerprint density at radius 1 is 0.375 bits per heavy atom. The molecule has 0 saturated carbocycles. The Kier molecular flexibility index (Phi) is 8.04. The number of aromatic nitrogens is 2. The Hall–Kier alpha value is -3.78. The van der Waals surface area contributed by atoms with Gasteiger partial charge in [0.1, 0.15) is 13.1 Å². The maximum absolute atomic E-state index is 2.57. The monoisotopic (exact) mass is 526 g/mol. The molecule has 0 unspecified atom stereocenters. The number of hydrogen-bond donors (Lipinski definition) is 0. The molecule has 0 saturated heterocycles. The van der Waals surface area contributed by atoms with E-state index in [1.165, 1.54) is 106 Å². The highest BCUT2D eigenvalue weighted by Crippen LogP contribution is 2.41. The van der Waals surface area contributed by atoms with Crippen LogP contribution in [0.3, 0.4) is 0 Å². The molecule has 6 aromatic rings. The Bertz CT molecular complexity index is 1540. The third-order valence-electron chi connectivity index (χ3n) is 8.58. The molecule has 2 heterocycles. The number of rotatable bonds is 11. The second kappa shape index (κ2) is 12.2. The van der Waals surface area contributed by atoms with Crippen LogP contribution in [-0.4, -0.2) is 0 Å². The molecule has 0 atom stereocenters. The summed E-state index contributed by atoms with van der Waals surface area (Å²) in [7, 11) is 0. The van der Waals surface area contributed by atoms with Crippen LogP contribution in [0, 0.1) is 0 Å². The number of benzene rings is 4. The zero-order valence-corrected chi connectivity index (χ0v) is 24.2. The van der Waals surface area contributed by atoms with Crippen molar-refractivity contribution in [3.63, 3.8) is 0 Å². The fourth-order valence-corrected chi connectivity index (χ4v) is 6.65. The predicted octanol–water partition coefficient (Wildman–Crippen LogP) is 9.70. The van der Waals surface area contributed by atoms with Gasteiger partial charge < -0.3 is 0 Å². The summed E-state index contributed by atoms with van der Waals surface area (Å²) in [6.07, 6.45) is 10.1. The summed E-state index contributed by atoms with van der Waals surface area (Å²) in [5, 5.41) is 5.36. The van der Waals surface area contributed by atoms with Crippen LogP contribution in [0.25, 0.3) is 54.7 Å². The molecule has 0 radical (unpaired) electrons. The van der Waals surface area contributed by atoms with E-state index in [0.29, 0.717) is 0 Å². The third kappa shape index (κ3) is 4.85. The minimum atomic E-state index is 1.05. The van der Waals surface area contributed by atoms with Crippen LogP contribution in [0.15, 0.2) is 97.1 Å². The topological polar surface area (TPSA) is 7.76 Å². The molecule has 0 N–H and O–H groups in total. The van der Waals surface area contributed by atoms with Gasteiger partial charge in [0.25, 0.3) is 0 Å². The smallest absolute Gasteiger partial charge is 0.191 e. The molecular formula is C38H42N2+2. The van der Waals surface area contributed by atoms with Gasteiger partial charge in [-0.1, -0.05) is 88.1 Å². The van der Waals surface area contributed by atoms with Gasteiger partial charge in [-0.2, -0.15) is 9.13 Å². The van der Waals surface area contributed by atoms with E-state index >= 15 is 0 Å². The molecule has 0 amide bonds. The first kappa shape index (κ1) is 26.4. The van der Waals surface area contributed by atoms with Crippen LogP contribution in [0.2, 0.25) is 0 Å². The van der Waals surface area contributed by atoms with E-state index in [0.717, 1.165) is 13.1 Å². The van der Waals surface area contributed by atoms with Gasteiger partial charge in [0.05, 0.1) is 21.5 Å². The zero-order valence-electron chi connectivity index (χ0n) is 24.2. The molecule has 202 valence electrons. The molecule has 0 aliphatic rings. The molecule has 40 heavy (non-hydrogen) atoms. The van der Waals surface area contributed by atoms with Gasteiger partial charge in [-0.15, -0.1) is 0 Å².